The molecule has 1 fully saturated rings. The first-order valence-electron chi connectivity index (χ1n) is 9.03. The molecule has 1 aromatic heterocycles. The monoisotopic (exact) mass is 355 g/mol. The van der Waals surface area contributed by atoms with Gasteiger partial charge in [0.15, 0.2) is 0 Å². The van der Waals surface area contributed by atoms with Crippen molar-refractivity contribution in [1.29, 1.82) is 0 Å². The number of aryl methyl sites for hydroxylation is 1. The molecule has 2 heterocycles. The summed E-state index contributed by atoms with van der Waals surface area (Å²) < 4.78 is 6.66. The number of rotatable bonds is 6. The molecule has 1 saturated heterocycles. The summed E-state index contributed by atoms with van der Waals surface area (Å²) in [5.74, 6) is -0.586. The van der Waals surface area contributed by atoms with Crippen LogP contribution < -0.4 is 5.32 Å². The van der Waals surface area contributed by atoms with Gasteiger partial charge in [0.1, 0.15) is 5.69 Å². The second-order valence-electron chi connectivity index (χ2n) is 6.58. The number of nitrogens with one attached hydrogen (secondary N) is 1. The molecular weight excluding hydrogens is 330 g/mol. The molecule has 0 saturated carbocycles. The quantitative estimate of drug-likeness (QED) is 0.809. The molecule has 138 valence electrons. The Hall–Kier alpha value is -2.60. The minimum atomic E-state index is -0.400. The third kappa shape index (κ3) is 4.32. The molecule has 0 aliphatic carbocycles. The first-order chi connectivity index (χ1) is 12.6. The second-order valence-corrected chi connectivity index (χ2v) is 6.58. The van der Waals surface area contributed by atoms with Gasteiger partial charge in [-0.1, -0.05) is 12.1 Å². The molecule has 6 heteroatoms. The zero-order chi connectivity index (χ0) is 18.5. The second kappa shape index (κ2) is 8.19. The highest BCUT2D eigenvalue weighted by Crippen LogP contribution is 2.17. The van der Waals surface area contributed by atoms with Crippen molar-refractivity contribution in [2.45, 2.75) is 26.3 Å². The van der Waals surface area contributed by atoms with E-state index in [2.05, 4.69) is 16.3 Å². The number of nitrogens with zero attached hydrogens (tertiary/aromatic N) is 2. The van der Waals surface area contributed by atoms with Crippen LogP contribution >= 0.6 is 0 Å². The molecule has 3 rings (SSSR count). The van der Waals surface area contributed by atoms with Crippen molar-refractivity contribution in [2.24, 2.45) is 7.05 Å². The fraction of sp³-hybridized carbons (Fsp3) is 0.400. The van der Waals surface area contributed by atoms with Crippen LogP contribution in [0.25, 0.3) is 0 Å². The predicted octanol–water partition coefficient (Wildman–Crippen LogP) is 3.05. The van der Waals surface area contributed by atoms with E-state index < -0.39 is 5.97 Å². The van der Waals surface area contributed by atoms with Crippen molar-refractivity contribution >= 4 is 17.6 Å². The minimum absolute atomic E-state index is 0.186. The largest absolute Gasteiger partial charge is 0.461 e. The van der Waals surface area contributed by atoms with Gasteiger partial charge in [-0.3, -0.25) is 9.69 Å². The predicted molar refractivity (Wildman–Crippen MR) is 100 cm³/mol. The van der Waals surface area contributed by atoms with E-state index in [-0.39, 0.29) is 5.91 Å². The van der Waals surface area contributed by atoms with Crippen LogP contribution in [0.4, 0.5) is 5.69 Å². The fourth-order valence-electron chi connectivity index (χ4n) is 3.25. The van der Waals surface area contributed by atoms with Gasteiger partial charge in [0.25, 0.3) is 5.91 Å². The SMILES string of the molecule is CCOC(=O)c1cc(NC(=O)c2cccc(CN3CCCC3)c2)cn1C. The highest BCUT2D eigenvalue weighted by atomic mass is 16.5. The average molecular weight is 355 g/mol. The number of likely N-dealkylation sites (tertiary alicyclic amines) is 1. The van der Waals surface area contributed by atoms with Gasteiger partial charge in [0, 0.05) is 25.4 Å². The molecular formula is C20H25N3O3. The van der Waals surface area contributed by atoms with Crippen LogP contribution in [0, 0.1) is 0 Å². The Morgan fingerprint density at radius 3 is 2.69 bits per heavy atom. The fourth-order valence-corrected chi connectivity index (χ4v) is 3.25. The maximum Gasteiger partial charge on any atom is 0.355 e. The number of carbonyl (C=O) groups is 2. The molecule has 1 aliphatic rings. The van der Waals surface area contributed by atoms with Gasteiger partial charge in [-0.2, -0.15) is 0 Å². The Kier molecular flexibility index (Phi) is 5.73. The molecule has 2 aromatic rings. The maximum absolute atomic E-state index is 12.6. The van der Waals surface area contributed by atoms with Gasteiger partial charge in [0.2, 0.25) is 0 Å². The number of hydrogen-bond acceptors (Lipinski definition) is 4. The van der Waals surface area contributed by atoms with E-state index in [0.29, 0.717) is 23.6 Å². The van der Waals surface area contributed by atoms with Gasteiger partial charge in [0.05, 0.1) is 12.3 Å². The summed E-state index contributed by atoms with van der Waals surface area (Å²) in [5, 5.41) is 2.86. The lowest BCUT2D eigenvalue weighted by Crippen LogP contribution is -2.19. The maximum atomic E-state index is 12.6. The molecule has 1 aromatic carbocycles. The van der Waals surface area contributed by atoms with Crippen LogP contribution in [0.5, 0.6) is 0 Å². The van der Waals surface area contributed by atoms with Crippen molar-refractivity contribution < 1.29 is 14.3 Å². The lowest BCUT2D eigenvalue weighted by Gasteiger charge is -2.15. The number of esters is 1. The number of benzene rings is 1. The molecule has 0 bridgehead atoms. The molecule has 0 spiro atoms. The normalized spacial score (nSPS) is 14.4. The summed E-state index contributed by atoms with van der Waals surface area (Å²) in [7, 11) is 1.75. The Morgan fingerprint density at radius 2 is 1.96 bits per heavy atom. The van der Waals surface area contributed by atoms with Crippen LogP contribution in [-0.4, -0.2) is 41.0 Å². The van der Waals surface area contributed by atoms with Crippen molar-refractivity contribution in [1.82, 2.24) is 9.47 Å². The molecule has 6 nitrogen and oxygen atoms in total. The molecule has 0 radical (unpaired) electrons. The summed E-state index contributed by atoms with van der Waals surface area (Å²) in [6.07, 6.45) is 4.20. The number of carbonyl (C=O) groups excluding carboxylic acids is 2. The number of anilines is 1. The third-order valence-corrected chi connectivity index (χ3v) is 4.54. The minimum Gasteiger partial charge on any atom is -0.461 e. The van der Waals surface area contributed by atoms with Gasteiger partial charge < -0.3 is 14.6 Å². The van der Waals surface area contributed by atoms with E-state index >= 15 is 0 Å². The van der Waals surface area contributed by atoms with Crippen LogP contribution in [0.1, 0.15) is 46.2 Å². The van der Waals surface area contributed by atoms with Crippen molar-refractivity contribution in [3.8, 4) is 0 Å². The molecule has 1 N–H and O–H groups in total. The van der Waals surface area contributed by atoms with Gasteiger partial charge >= 0.3 is 5.97 Å². The first kappa shape index (κ1) is 18.2. The topological polar surface area (TPSA) is 63.6 Å². The van der Waals surface area contributed by atoms with E-state index in [1.165, 1.54) is 12.8 Å². The number of aromatic nitrogens is 1. The van der Waals surface area contributed by atoms with Gasteiger partial charge in [-0.15, -0.1) is 0 Å². The van der Waals surface area contributed by atoms with Crippen LogP contribution in [0.15, 0.2) is 36.5 Å². The summed E-state index contributed by atoms with van der Waals surface area (Å²) in [5.41, 5.74) is 2.73. The van der Waals surface area contributed by atoms with E-state index in [4.69, 9.17) is 4.74 Å². The first-order valence-corrected chi connectivity index (χ1v) is 9.03. The van der Waals surface area contributed by atoms with Crippen molar-refractivity contribution in [3.05, 3.63) is 53.3 Å². The third-order valence-electron chi connectivity index (χ3n) is 4.54. The highest BCUT2D eigenvalue weighted by Gasteiger charge is 2.16. The van der Waals surface area contributed by atoms with Crippen molar-refractivity contribution in [2.75, 3.05) is 25.0 Å². The summed E-state index contributed by atoms with van der Waals surface area (Å²) in [6.45, 7) is 5.20. The number of hydrogen-bond donors (Lipinski definition) is 1. The molecule has 26 heavy (non-hydrogen) atoms. The van der Waals surface area contributed by atoms with Crippen LogP contribution in [0.2, 0.25) is 0 Å². The lowest BCUT2D eigenvalue weighted by atomic mass is 10.1. The molecule has 0 unspecified atom stereocenters. The zero-order valence-corrected chi connectivity index (χ0v) is 15.3. The van der Waals surface area contributed by atoms with E-state index in [9.17, 15) is 9.59 Å². The lowest BCUT2D eigenvalue weighted by molar-refractivity contribution is 0.0515. The molecule has 0 atom stereocenters. The number of ether oxygens (including phenoxy) is 1. The van der Waals surface area contributed by atoms with E-state index in [0.717, 1.165) is 25.2 Å². The average Bonchev–Trinajstić information content (AvgIpc) is 3.25. The standard InChI is InChI=1S/C20H25N3O3/c1-3-26-20(25)18-12-17(14-22(18)2)21-19(24)16-8-6-7-15(11-16)13-23-9-4-5-10-23/h6-8,11-12,14H,3-5,9-10,13H2,1-2H3,(H,21,24). The van der Waals surface area contributed by atoms with Crippen molar-refractivity contribution in [3.63, 3.8) is 0 Å². The molecule has 1 aliphatic heterocycles. The number of amides is 1. The summed E-state index contributed by atoms with van der Waals surface area (Å²) >= 11 is 0. The summed E-state index contributed by atoms with van der Waals surface area (Å²) in [4.78, 5) is 26.9. The van der Waals surface area contributed by atoms with Crippen LogP contribution in [0.3, 0.4) is 0 Å². The highest BCUT2D eigenvalue weighted by molar-refractivity contribution is 6.05. The van der Waals surface area contributed by atoms with Crippen LogP contribution in [-0.2, 0) is 18.3 Å². The van der Waals surface area contributed by atoms with E-state index in [1.807, 2.05) is 12.1 Å². The Bertz CT molecular complexity index is 791. The zero-order valence-electron chi connectivity index (χ0n) is 15.3. The Morgan fingerprint density at radius 1 is 1.19 bits per heavy atom. The van der Waals surface area contributed by atoms with Gasteiger partial charge in [-0.05, 0) is 56.6 Å². The Balaban J connectivity index is 1.68. The summed E-state index contributed by atoms with van der Waals surface area (Å²) in [6, 6.07) is 9.33. The molecule has 1 amide bonds. The van der Waals surface area contributed by atoms with E-state index in [1.54, 1.807) is 36.9 Å². The smallest absolute Gasteiger partial charge is 0.355 e. The van der Waals surface area contributed by atoms with Gasteiger partial charge in [-0.25, -0.2) is 4.79 Å². The Labute approximate surface area is 153 Å².